The molecule has 5 heteroatoms. The third-order valence-electron chi connectivity index (χ3n) is 3.24. The molecule has 0 bridgehead atoms. The average Bonchev–Trinajstić information content (AvgIpc) is 3.19. The summed E-state index contributed by atoms with van der Waals surface area (Å²) in [5.74, 6) is -0.251. The van der Waals surface area contributed by atoms with Crippen molar-refractivity contribution in [3.8, 4) is 0 Å². The molecule has 0 aliphatic heterocycles. The summed E-state index contributed by atoms with van der Waals surface area (Å²) in [5.41, 5.74) is -0.576. The van der Waals surface area contributed by atoms with Gasteiger partial charge in [-0.25, -0.2) is 0 Å². The van der Waals surface area contributed by atoms with Gasteiger partial charge in [-0.2, -0.15) is 13.2 Å². The second-order valence-corrected chi connectivity index (χ2v) is 4.65. The number of benzene rings is 1. The molecule has 19 heavy (non-hydrogen) atoms. The van der Waals surface area contributed by atoms with Gasteiger partial charge < -0.3 is 4.90 Å². The molecule has 0 atom stereocenters. The van der Waals surface area contributed by atoms with E-state index in [1.165, 1.54) is 12.1 Å². The largest absolute Gasteiger partial charge is 0.416 e. The fourth-order valence-corrected chi connectivity index (χ4v) is 1.95. The first kappa shape index (κ1) is 13.6. The van der Waals surface area contributed by atoms with Crippen molar-refractivity contribution in [3.05, 3.63) is 41.5 Å². The Bertz CT molecular complexity index is 518. The lowest BCUT2D eigenvalue weighted by molar-refractivity contribution is -0.137. The number of hydrogen-bond donors (Lipinski definition) is 0. The highest BCUT2D eigenvalue weighted by Gasteiger charge is 2.34. The molecule has 1 aliphatic rings. The van der Waals surface area contributed by atoms with Gasteiger partial charge in [-0.3, -0.25) is 4.79 Å². The zero-order chi connectivity index (χ0) is 14.2. The molecule has 1 aliphatic carbocycles. The molecule has 1 saturated carbocycles. The highest BCUT2D eigenvalue weighted by Crippen LogP contribution is 2.33. The normalized spacial score (nSPS) is 15.2. The molecule has 0 saturated heterocycles. The van der Waals surface area contributed by atoms with Crippen molar-refractivity contribution < 1.29 is 18.0 Å². The van der Waals surface area contributed by atoms with Crippen LogP contribution in [-0.4, -0.2) is 23.9 Å². The van der Waals surface area contributed by atoms with Crippen LogP contribution in [0.25, 0.3) is 6.08 Å². The summed E-state index contributed by atoms with van der Waals surface area (Å²) < 4.78 is 38.2. The number of hydrogen-bond acceptors (Lipinski definition) is 1. The quantitative estimate of drug-likeness (QED) is 0.821. The molecule has 1 aromatic rings. The van der Waals surface area contributed by atoms with Gasteiger partial charge in [0, 0.05) is 18.7 Å². The van der Waals surface area contributed by atoms with Crippen molar-refractivity contribution in [1.82, 2.24) is 4.90 Å². The molecule has 102 valence electrons. The van der Waals surface area contributed by atoms with Crippen LogP contribution < -0.4 is 0 Å². The van der Waals surface area contributed by atoms with Crippen LogP contribution in [-0.2, 0) is 6.18 Å². The van der Waals surface area contributed by atoms with Gasteiger partial charge in [-0.1, -0.05) is 12.7 Å². The van der Waals surface area contributed by atoms with Crippen molar-refractivity contribution in [2.75, 3.05) is 7.05 Å². The van der Waals surface area contributed by atoms with E-state index in [1.807, 2.05) is 0 Å². The molecule has 1 aromatic carbocycles. The zero-order valence-electron chi connectivity index (χ0n) is 10.5. The molecule has 2 rings (SSSR count). The molecule has 0 unspecified atom stereocenters. The minimum absolute atomic E-state index is 0.0671. The Kier molecular flexibility index (Phi) is 3.39. The molecule has 1 amide bonds. The number of carbonyl (C=O) groups excluding carboxylic acids is 1. The van der Waals surface area contributed by atoms with E-state index >= 15 is 0 Å². The number of rotatable bonds is 3. The van der Waals surface area contributed by atoms with Crippen LogP contribution in [0.2, 0.25) is 0 Å². The van der Waals surface area contributed by atoms with Gasteiger partial charge in [0.15, 0.2) is 0 Å². The van der Waals surface area contributed by atoms with Crippen LogP contribution in [0.5, 0.6) is 0 Å². The Balaban J connectivity index is 2.33. The van der Waals surface area contributed by atoms with Crippen molar-refractivity contribution in [2.24, 2.45) is 0 Å². The smallest absolute Gasteiger partial charge is 0.339 e. The molecule has 2 nitrogen and oxygen atoms in total. The third kappa shape index (κ3) is 2.80. The van der Waals surface area contributed by atoms with Crippen molar-refractivity contribution in [2.45, 2.75) is 25.1 Å². The number of carbonyl (C=O) groups is 1. The van der Waals surface area contributed by atoms with E-state index in [2.05, 4.69) is 6.58 Å². The minimum Gasteiger partial charge on any atom is -0.339 e. The molecule has 0 radical (unpaired) electrons. The molecule has 0 heterocycles. The average molecular weight is 269 g/mol. The fourth-order valence-electron chi connectivity index (χ4n) is 1.95. The van der Waals surface area contributed by atoms with Crippen molar-refractivity contribution >= 4 is 12.0 Å². The van der Waals surface area contributed by atoms with Gasteiger partial charge in [-0.15, -0.1) is 0 Å². The molecule has 0 spiro atoms. The van der Waals surface area contributed by atoms with Crippen molar-refractivity contribution in [1.29, 1.82) is 0 Å². The molecular formula is C14H14F3NO. The Hall–Kier alpha value is -1.78. The van der Waals surface area contributed by atoms with E-state index in [-0.39, 0.29) is 23.1 Å². The predicted octanol–water partition coefficient (Wildman–Crippen LogP) is 3.58. The first-order valence-corrected chi connectivity index (χ1v) is 5.95. The van der Waals surface area contributed by atoms with E-state index in [4.69, 9.17) is 0 Å². The summed E-state index contributed by atoms with van der Waals surface area (Å²) in [4.78, 5) is 13.6. The summed E-state index contributed by atoms with van der Waals surface area (Å²) in [5, 5.41) is 0. The standard InChI is InChI=1S/C14H14F3NO/c1-3-9-8-10(4-7-12(9)14(15,16)17)13(19)18(2)11-5-6-11/h3-4,7-8,11H,1,5-6H2,2H3. The fraction of sp³-hybridized carbons (Fsp3) is 0.357. The minimum atomic E-state index is -4.44. The Morgan fingerprint density at radius 3 is 2.53 bits per heavy atom. The highest BCUT2D eigenvalue weighted by atomic mass is 19.4. The maximum Gasteiger partial charge on any atom is 0.416 e. The van der Waals surface area contributed by atoms with Gasteiger partial charge in [0.25, 0.3) is 5.91 Å². The highest BCUT2D eigenvalue weighted by molar-refractivity contribution is 5.95. The van der Waals surface area contributed by atoms with Gasteiger partial charge in [0.05, 0.1) is 5.56 Å². The summed E-state index contributed by atoms with van der Waals surface area (Å²) in [6.45, 7) is 3.37. The van der Waals surface area contributed by atoms with E-state index in [0.29, 0.717) is 0 Å². The summed E-state index contributed by atoms with van der Waals surface area (Å²) >= 11 is 0. The Morgan fingerprint density at radius 1 is 1.42 bits per heavy atom. The lowest BCUT2D eigenvalue weighted by atomic mass is 10.0. The van der Waals surface area contributed by atoms with E-state index in [1.54, 1.807) is 11.9 Å². The van der Waals surface area contributed by atoms with E-state index in [0.717, 1.165) is 25.0 Å². The number of halogens is 3. The number of alkyl halides is 3. The maximum atomic E-state index is 12.7. The van der Waals surface area contributed by atoms with Crippen LogP contribution in [0, 0.1) is 0 Å². The first-order chi connectivity index (χ1) is 8.84. The topological polar surface area (TPSA) is 20.3 Å². The zero-order valence-corrected chi connectivity index (χ0v) is 10.5. The molecule has 0 N–H and O–H groups in total. The van der Waals surface area contributed by atoms with E-state index in [9.17, 15) is 18.0 Å². The lowest BCUT2D eigenvalue weighted by Crippen LogP contribution is -2.28. The summed E-state index contributed by atoms with van der Waals surface area (Å²) in [6, 6.07) is 3.63. The van der Waals surface area contributed by atoms with Gasteiger partial charge in [0.1, 0.15) is 0 Å². The lowest BCUT2D eigenvalue weighted by Gasteiger charge is -2.17. The van der Waals surface area contributed by atoms with Crippen LogP contribution in [0.4, 0.5) is 13.2 Å². The Morgan fingerprint density at radius 2 is 2.05 bits per heavy atom. The maximum absolute atomic E-state index is 12.7. The van der Waals surface area contributed by atoms with Gasteiger partial charge in [0.2, 0.25) is 0 Å². The summed E-state index contributed by atoms with van der Waals surface area (Å²) in [6.07, 6.45) is -1.40. The molecule has 0 aromatic heterocycles. The first-order valence-electron chi connectivity index (χ1n) is 5.95. The Labute approximate surface area is 109 Å². The monoisotopic (exact) mass is 269 g/mol. The van der Waals surface area contributed by atoms with Crippen LogP contribution in [0.3, 0.4) is 0 Å². The van der Waals surface area contributed by atoms with E-state index < -0.39 is 11.7 Å². The SMILES string of the molecule is C=Cc1cc(C(=O)N(C)C2CC2)ccc1C(F)(F)F. The second-order valence-electron chi connectivity index (χ2n) is 4.65. The molecule has 1 fully saturated rings. The summed E-state index contributed by atoms with van der Waals surface area (Å²) in [7, 11) is 1.67. The predicted molar refractivity (Wildman–Crippen MR) is 66.7 cm³/mol. The van der Waals surface area contributed by atoms with Crippen LogP contribution in [0.15, 0.2) is 24.8 Å². The van der Waals surface area contributed by atoms with Crippen LogP contribution >= 0.6 is 0 Å². The number of amides is 1. The second kappa shape index (κ2) is 4.72. The van der Waals surface area contributed by atoms with Crippen LogP contribution in [0.1, 0.15) is 34.3 Å². The third-order valence-corrected chi connectivity index (χ3v) is 3.24. The van der Waals surface area contributed by atoms with Crippen molar-refractivity contribution in [3.63, 3.8) is 0 Å². The van der Waals surface area contributed by atoms with Gasteiger partial charge >= 0.3 is 6.18 Å². The number of nitrogens with zero attached hydrogens (tertiary/aromatic N) is 1. The molecular weight excluding hydrogens is 255 g/mol. The van der Waals surface area contributed by atoms with Gasteiger partial charge in [-0.05, 0) is 36.6 Å².